The Morgan fingerprint density at radius 1 is 1.25 bits per heavy atom. The topological polar surface area (TPSA) is 79.2 Å². The minimum absolute atomic E-state index is 0.238. The molecule has 12 heavy (non-hydrogen) atoms. The third kappa shape index (κ3) is 4.51. The maximum absolute atomic E-state index is 8.78. The van der Waals surface area contributed by atoms with Gasteiger partial charge in [0, 0.05) is 0 Å². The summed E-state index contributed by atoms with van der Waals surface area (Å²) in [5.74, 6) is 0. The molecular formula is C6H14O5P+. The first-order valence-corrected chi connectivity index (χ1v) is 5.19. The van der Waals surface area contributed by atoms with Gasteiger partial charge in [-0.05, 0) is 13.8 Å². The molecule has 6 heteroatoms. The van der Waals surface area contributed by atoms with Gasteiger partial charge in [0.25, 0.3) is 0 Å². The van der Waals surface area contributed by atoms with Gasteiger partial charge in [-0.25, -0.2) is 0 Å². The van der Waals surface area contributed by atoms with Gasteiger partial charge in [-0.2, -0.15) is 14.7 Å². The highest BCUT2D eigenvalue weighted by Crippen LogP contribution is 2.53. The lowest BCUT2D eigenvalue weighted by Gasteiger charge is -2.07. The Hall–Kier alpha value is -0.350. The molecule has 0 bridgehead atoms. The van der Waals surface area contributed by atoms with Crippen LogP contribution < -0.4 is 0 Å². The summed E-state index contributed by atoms with van der Waals surface area (Å²) >= 11 is 0. The van der Waals surface area contributed by atoms with Gasteiger partial charge in [-0.15, -0.1) is 0 Å². The largest absolute Gasteiger partial charge is 0.494 e. The molecule has 0 aromatic carbocycles. The van der Waals surface area contributed by atoms with Gasteiger partial charge in [0.1, 0.15) is 0 Å². The summed E-state index contributed by atoms with van der Waals surface area (Å²) in [6, 6.07) is 0. The van der Waals surface area contributed by atoms with Crippen LogP contribution in [0.2, 0.25) is 0 Å². The highest BCUT2D eigenvalue weighted by molar-refractivity contribution is 7.62. The molecule has 5 nitrogen and oxygen atoms in total. The number of hydrogen-bond donors (Lipinski definition) is 3. The highest BCUT2D eigenvalue weighted by atomic mass is 31.2. The Balaban J connectivity index is 4.22. The molecular weight excluding hydrogens is 183 g/mol. The van der Waals surface area contributed by atoms with Crippen LogP contribution in [0.5, 0.6) is 0 Å². The van der Waals surface area contributed by atoms with Crippen molar-refractivity contribution in [1.82, 2.24) is 0 Å². The average Bonchev–Trinajstić information content (AvgIpc) is 1.95. The monoisotopic (exact) mass is 197 g/mol. The summed E-state index contributed by atoms with van der Waals surface area (Å²) in [6.45, 7) is 4.00. The van der Waals surface area contributed by atoms with Crippen LogP contribution >= 0.6 is 7.94 Å². The lowest BCUT2D eigenvalue weighted by Crippen LogP contribution is -1.99. The molecule has 0 fully saturated rings. The van der Waals surface area contributed by atoms with Gasteiger partial charge in [0.2, 0.25) is 0 Å². The molecule has 0 unspecified atom stereocenters. The Morgan fingerprint density at radius 3 is 2.17 bits per heavy atom. The fourth-order valence-electron chi connectivity index (χ4n) is 0.494. The molecule has 0 saturated carbocycles. The smallest absolute Gasteiger partial charge is 0.482 e. The van der Waals surface area contributed by atoms with E-state index in [0.717, 1.165) is 6.26 Å². The first-order valence-electron chi connectivity index (χ1n) is 3.54. The van der Waals surface area contributed by atoms with E-state index in [9.17, 15) is 0 Å². The second-order valence-electron chi connectivity index (χ2n) is 1.91. The summed E-state index contributed by atoms with van der Waals surface area (Å²) in [4.78, 5) is 26.4. The van der Waals surface area contributed by atoms with Crippen LogP contribution in [0.25, 0.3) is 0 Å². The maximum atomic E-state index is 8.78. The van der Waals surface area contributed by atoms with E-state index in [4.69, 9.17) is 24.2 Å². The molecule has 0 amide bonds. The van der Waals surface area contributed by atoms with E-state index in [0.29, 0.717) is 6.61 Å². The molecule has 0 spiro atoms. The second kappa shape index (κ2) is 5.32. The van der Waals surface area contributed by atoms with Gasteiger partial charge in [-0.1, -0.05) is 0 Å². The van der Waals surface area contributed by atoms with Gasteiger partial charge in [0.15, 0.2) is 6.26 Å². The molecule has 0 aliphatic heterocycles. The van der Waals surface area contributed by atoms with Crippen molar-refractivity contribution in [1.29, 1.82) is 0 Å². The first kappa shape index (κ1) is 11.6. The summed E-state index contributed by atoms with van der Waals surface area (Å²) < 4.78 is 9.48. The van der Waals surface area contributed by atoms with Crippen LogP contribution in [0.15, 0.2) is 11.8 Å². The number of rotatable bonds is 5. The molecule has 0 heterocycles. The van der Waals surface area contributed by atoms with Gasteiger partial charge in [-0.3, -0.25) is 0 Å². The molecule has 0 saturated heterocycles. The fourth-order valence-corrected chi connectivity index (χ4v) is 1.01. The van der Waals surface area contributed by atoms with Crippen LogP contribution in [0, 0.1) is 0 Å². The molecule has 3 N–H and O–H groups in total. The van der Waals surface area contributed by atoms with Crippen molar-refractivity contribution < 1.29 is 24.2 Å². The first-order chi connectivity index (χ1) is 5.52. The van der Waals surface area contributed by atoms with E-state index in [-0.39, 0.29) is 12.1 Å². The van der Waals surface area contributed by atoms with E-state index >= 15 is 0 Å². The molecule has 0 radical (unpaired) electrons. The Labute approximate surface area is 71.8 Å². The lowest BCUT2D eigenvalue weighted by molar-refractivity contribution is 0.188. The van der Waals surface area contributed by atoms with Crippen molar-refractivity contribution in [2.75, 3.05) is 13.2 Å². The van der Waals surface area contributed by atoms with Crippen molar-refractivity contribution in [2.24, 2.45) is 0 Å². The summed E-state index contributed by atoms with van der Waals surface area (Å²) in [6.07, 6.45) is 1.01. The van der Waals surface area contributed by atoms with Crippen LogP contribution in [0.4, 0.5) is 0 Å². The highest BCUT2D eigenvalue weighted by Gasteiger charge is 2.40. The standard InChI is InChI=1S/C6H14O5P/c1-3-10-5-6(11-4-2)12(7,8)9/h5,7-9H,3-4H2,1-2H3/q+1. The number of hydrogen-bond acceptors (Lipinski definition) is 5. The Bertz CT molecular complexity index is 151. The summed E-state index contributed by atoms with van der Waals surface area (Å²) in [5, 5.41) is 0. The summed E-state index contributed by atoms with van der Waals surface area (Å²) in [7, 11) is -4.06. The predicted octanol–water partition coefficient (Wildman–Crippen LogP) is 0.598. The van der Waals surface area contributed by atoms with Gasteiger partial charge >= 0.3 is 13.4 Å². The Kier molecular flexibility index (Phi) is 5.17. The Morgan fingerprint density at radius 2 is 1.83 bits per heavy atom. The minimum atomic E-state index is -4.06. The maximum Gasteiger partial charge on any atom is 0.482 e. The second-order valence-corrected chi connectivity index (χ2v) is 3.49. The zero-order valence-electron chi connectivity index (χ0n) is 7.10. The van der Waals surface area contributed by atoms with Crippen LogP contribution in [0.1, 0.15) is 13.8 Å². The molecule has 0 aromatic heterocycles. The molecule has 72 valence electrons. The fraction of sp³-hybridized carbons (Fsp3) is 0.667. The van der Waals surface area contributed by atoms with Crippen molar-refractivity contribution in [3.05, 3.63) is 11.8 Å². The van der Waals surface area contributed by atoms with Crippen LogP contribution in [-0.4, -0.2) is 27.9 Å². The van der Waals surface area contributed by atoms with Crippen molar-refractivity contribution in [2.45, 2.75) is 13.8 Å². The third-order valence-corrected chi connectivity index (χ3v) is 1.76. The summed E-state index contributed by atoms with van der Waals surface area (Å²) in [5.41, 5.74) is -0.313. The van der Waals surface area contributed by atoms with E-state index in [1.807, 2.05) is 0 Å². The van der Waals surface area contributed by atoms with E-state index in [1.54, 1.807) is 13.8 Å². The normalized spacial score (nSPS) is 12.9. The van der Waals surface area contributed by atoms with E-state index in [2.05, 4.69) is 0 Å². The number of ether oxygens (including phenoxy) is 2. The zero-order valence-corrected chi connectivity index (χ0v) is 7.99. The molecule has 0 aliphatic rings. The van der Waals surface area contributed by atoms with E-state index < -0.39 is 7.94 Å². The van der Waals surface area contributed by atoms with E-state index in [1.165, 1.54) is 0 Å². The minimum Gasteiger partial charge on any atom is -0.494 e. The molecule has 0 aromatic rings. The van der Waals surface area contributed by atoms with Crippen LogP contribution in [0.3, 0.4) is 0 Å². The SMILES string of the molecule is CCOC=C(OCC)[P+](O)(O)O. The molecule has 0 aliphatic carbocycles. The van der Waals surface area contributed by atoms with Gasteiger partial charge in [0.05, 0.1) is 13.2 Å². The zero-order chi connectivity index (χ0) is 9.61. The average molecular weight is 197 g/mol. The quantitative estimate of drug-likeness (QED) is 0.444. The molecule has 0 atom stereocenters. The van der Waals surface area contributed by atoms with Crippen molar-refractivity contribution >= 4 is 7.94 Å². The predicted molar refractivity (Wildman–Crippen MR) is 44.9 cm³/mol. The van der Waals surface area contributed by atoms with Crippen molar-refractivity contribution in [3.8, 4) is 0 Å². The molecule has 0 rings (SSSR count). The lowest BCUT2D eigenvalue weighted by atomic mass is 10.8. The van der Waals surface area contributed by atoms with Crippen LogP contribution in [-0.2, 0) is 9.47 Å². The van der Waals surface area contributed by atoms with Crippen molar-refractivity contribution in [3.63, 3.8) is 0 Å². The van der Waals surface area contributed by atoms with Gasteiger partial charge < -0.3 is 9.47 Å². The third-order valence-electron chi connectivity index (χ3n) is 0.939.